The van der Waals surface area contributed by atoms with Gasteiger partial charge in [-0.05, 0) is 64.0 Å². The van der Waals surface area contributed by atoms with E-state index in [9.17, 15) is 4.79 Å². The zero-order valence-electron chi connectivity index (χ0n) is 14.9. The van der Waals surface area contributed by atoms with Gasteiger partial charge in [-0.15, -0.1) is 24.8 Å². The summed E-state index contributed by atoms with van der Waals surface area (Å²) >= 11 is 0. The third-order valence-electron chi connectivity index (χ3n) is 5.17. The van der Waals surface area contributed by atoms with Gasteiger partial charge in [0.1, 0.15) is 0 Å². The molecule has 2 fully saturated rings. The number of nitrogens with zero attached hydrogens (tertiary/aromatic N) is 3. The van der Waals surface area contributed by atoms with E-state index in [4.69, 9.17) is 0 Å². The second-order valence-electron chi connectivity index (χ2n) is 7.03. The highest BCUT2D eigenvalue weighted by atomic mass is 35.5. The number of hydrogen-bond acceptors (Lipinski definition) is 4. The Morgan fingerprint density at radius 3 is 1.88 bits per heavy atom. The van der Waals surface area contributed by atoms with Crippen LogP contribution >= 0.6 is 24.8 Å². The zero-order valence-corrected chi connectivity index (χ0v) is 16.6. The fourth-order valence-electron chi connectivity index (χ4n) is 3.88. The van der Waals surface area contributed by atoms with Gasteiger partial charge in [0.25, 0.3) is 0 Å². The van der Waals surface area contributed by atoms with E-state index >= 15 is 0 Å². The van der Waals surface area contributed by atoms with Crippen molar-refractivity contribution in [2.45, 2.75) is 38.5 Å². The van der Waals surface area contributed by atoms with Crippen LogP contribution in [0.15, 0.2) is 24.5 Å². The van der Waals surface area contributed by atoms with Gasteiger partial charge >= 0.3 is 0 Å². The average Bonchev–Trinajstić information content (AvgIpc) is 2.63. The highest BCUT2D eigenvalue weighted by Crippen LogP contribution is 2.18. The molecular formula is C19H31Cl2N3O. The maximum Gasteiger partial charge on any atom is 0.170 e. The number of carbonyl (C=O) groups is 1. The first-order valence-electron chi connectivity index (χ1n) is 9.22. The van der Waals surface area contributed by atoms with E-state index in [-0.39, 0.29) is 36.5 Å². The van der Waals surface area contributed by atoms with Crippen LogP contribution in [0, 0.1) is 5.92 Å². The minimum absolute atomic E-state index is 0. The van der Waals surface area contributed by atoms with Crippen LogP contribution in [0.25, 0.3) is 0 Å². The van der Waals surface area contributed by atoms with Crippen LogP contribution in [0.5, 0.6) is 0 Å². The number of piperidine rings is 2. The summed E-state index contributed by atoms with van der Waals surface area (Å²) in [4.78, 5) is 22.1. The molecule has 0 aliphatic carbocycles. The summed E-state index contributed by atoms with van der Waals surface area (Å²) in [6.45, 7) is 6.41. The normalized spacial score (nSPS) is 19.1. The minimum atomic E-state index is 0. The molecular weight excluding hydrogens is 357 g/mol. The highest BCUT2D eigenvalue weighted by Gasteiger charge is 2.26. The molecule has 4 nitrogen and oxygen atoms in total. The lowest BCUT2D eigenvalue weighted by Gasteiger charge is -2.34. The molecule has 2 saturated heterocycles. The Hall–Kier alpha value is -0.680. The van der Waals surface area contributed by atoms with Crippen LogP contribution in [-0.4, -0.2) is 59.8 Å². The summed E-state index contributed by atoms with van der Waals surface area (Å²) in [5, 5.41) is 0. The summed E-state index contributed by atoms with van der Waals surface area (Å²) in [7, 11) is 0. The second-order valence-corrected chi connectivity index (χ2v) is 7.03. The molecule has 0 spiro atoms. The van der Waals surface area contributed by atoms with E-state index in [0.717, 1.165) is 44.8 Å². The molecule has 2 aliphatic rings. The highest BCUT2D eigenvalue weighted by molar-refractivity contribution is 5.97. The fourth-order valence-corrected chi connectivity index (χ4v) is 3.88. The Bertz CT molecular complexity index is 469. The molecule has 1 aromatic rings. The number of hydrogen-bond donors (Lipinski definition) is 0. The number of halogens is 2. The van der Waals surface area contributed by atoms with Gasteiger partial charge in [-0.2, -0.15) is 0 Å². The van der Waals surface area contributed by atoms with Gasteiger partial charge in [0.2, 0.25) is 0 Å². The molecule has 142 valence electrons. The molecule has 0 unspecified atom stereocenters. The van der Waals surface area contributed by atoms with Crippen LogP contribution in [0.2, 0.25) is 0 Å². The van der Waals surface area contributed by atoms with Crippen molar-refractivity contribution in [2.24, 2.45) is 5.92 Å². The third kappa shape index (κ3) is 6.86. The summed E-state index contributed by atoms with van der Waals surface area (Å²) in [5.74, 6) is 0.352. The number of likely N-dealkylation sites (tertiary alicyclic amines) is 2. The number of aromatic nitrogens is 1. The number of ketones is 1. The standard InChI is InChI=1S/C19H29N3O.2ClH/c23-19(17-8-7-9-20-14-17)18(15-21-10-3-1-4-11-21)16-22-12-5-2-6-13-22;;/h7-9,14,18H,1-6,10-13,15-16H2;2*1H. The number of rotatable bonds is 6. The SMILES string of the molecule is Cl.Cl.O=C(c1cccnc1)C(CN1CCCCC1)CN1CCCCC1. The molecule has 0 N–H and O–H groups in total. The minimum Gasteiger partial charge on any atom is -0.303 e. The number of carbonyl (C=O) groups excluding carboxylic acids is 1. The summed E-state index contributed by atoms with van der Waals surface area (Å²) in [5.41, 5.74) is 0.770. The third-order valence-corrected chi connectivity index (χ3v) is 5.17. The summed E-state index contributed by atoms with van der Waals surface area (Å²) < 4.78 is 0. The van der Waals surface area contributed by atoms with Gasteiger partial charge in [0.15, 0.2) is 5.78 Å². The Labute approximate surface area is 164 Å². The van der Waals surface area contributed by atoms with Crippen LogP contribution in [-0.2, 0) is 0 Å². The Morgan fingerprint density at radius 1 is 0.920 bits per heavy atom. The molecule has 0 aromatic carbocycles. The van der Waals surface area contributed by atoms with E-state index in [1.54, 1.807) is 12.4 Å². The zero-order chi connectivity index (χ0) is 15.9. The van der Waals surface area contributed by atoms with Gasteiger partial charge in [-0.3, -0.25) is 9.78 Å². The lowest BCUT2D eigenvalue weighted by Crippen LogP contribution is -2.43. The molecule has 6 heteroatoms. The Kier molecular flexibility index (Phi) is 10.6. The van der Waals surface area contributed by atoms with Crippen molar-refractivity contribution < 1.29 is 4.79 Å². The van der Waals surface area contributed by atoms with Gasteiger partial charge in [0.05, 0.1) is 0 Å². The maximum atomic E-state index is 13.0. The van der Waals surface area contributed by atoms with Crippen LogP contribution in [0.4, 0.5) is 0 Å². The predicted molar refractivity (Wildman–Crippen MR) is 107 cm³/mol. The monoisotopic (exact) mass is 387 g/mol. The molecule has 0 atom stereocenters. The molecule has 3 rings (SSSR count). The molecule has 1 aromatic heterocycles. The van der Waals surface area contributed by atoms with E-state index in [0.29, 0.717) is 0 Å². The number of pyridine rings is 1. The van der Waals surface area contributed by atoms with Gasteiger partial charge in [-0.25, -0.2) is 0 Å². The van der Waals surface area contributed by atoms with Gasteiger partial charge in [0, 0.05) is 37.0 Å². The molecule has 0 bridgehead atoms. The van der Waals surface area contributed by atoms with Crippen molar-refractivity contribution in [1.29, 1.82) is 0 Å². The first-order chi connectivity index (χ1) is 11.3. The van der Waals surface area contributed by atoms with Crippen LogP contribution < -0.4 is 0 Å². The van der Waals surface area contributed by atoms with Crippen molar-refractivity contribution in [3.63, 3.8) is 0 Å². The maximum absolute atomic E-state index is 13.0. The Balaban J connectivity index is 0.00000156. The molecule has 0 saturated carbocycles. The average molecular weight is 388 g/mol. The number of Topliss-reactive ketones (excluding diaryl/α,β-unsaturated/α-hetero) is 1. The quantitative estimate of drug-likeness (QED) is 0.697. The van der Waals surface area contributed by atoms with Crippen LogP contribution in [0.1, 0.15) is 48.9 Å². The van der Waals surface area contributed by atoms with E-state index in [1.807, 2.05) is 12.1 Å². The fraction of sp³-hybridized carbons (Fsp3) is 0.684. The second kappa shape index (κ2) is 11.8. The molecule has 25 heavy (non-hydrogen) atoms. The molecule has 0 amide bonds. The molecule has 3 heterocycles. The van der Waals surface area contributed by atoms with Gasteiger partial charge < -0.3 is 9.80 Å². The largest absolute Gasteiger partial charge is 0.303 e. The Morgan fingerprint density at radius 2 is 1.44 bits per heavy atom. The van der Waals surface area contributed by atoms with Crippen LogP contribution in [0.3, 0.4) is 0 Å². The smallest absolute Gasteiger partial charge is 0.170 e. The van der Waals surface area contributed by atoms with Crippen molar-refractivity contribution in [3.05, 3.63) is 30.1 Å². The van der Waals surface area contributed by atoms with E-state index in [1.165, 1.54) is 38.5 Å². The van der Waals surface area contributed by atoms with Crippen molar-refractivity contribution in [2.75, 3.05) is 39.3 Å². The topological polar surface area (TPSA) is 36.4 Å². The predicted octanol–water partition coefficient (Wildman–Crippen LogP) is 3.70. The summed E-state index contributed by atoms with van der Waals surface area (Å²) in [6.07, 6.45) is 11.2. The van der Waals surface area contributed by atoms with Crippen molar-refractivity contribution >= 4 is 30.6 Å². The molecule has 0 radical (unpaired) electrons. The van der Waals surface area contributed by atoms with E-state index < -0.39 is 0 Å². The van der Waals surface area contributed by atoms with Crippen molar-refractivity contribution in [1.82, 2.24) is 14.8 Å². The van der Waals surface area contributed by atoms with E-state index in [2.05, 4.69) is 14.8 Å². The van der Waals surface area contributed by atoms with Crippen molar-refractivity contribution in [3.8, 4) is 0 Å². The lowest BCUT2D eigenvalue weighted by atomic mass is 9.95. The molecule has 2 aliphatic heterocycles. The lowest BCUT2D eigenvalue weighted by molar-refractivity contribution is 0.0794. The first kappa shape index (κ1) is 22.4. The summed E-state index contributed by atoms with van der Waals surface area (Å²) in [6, 6.07) is 3.78. The first-order valence-corrected chi connectivity index (χ1v) is 9.22. The van der Waals surface area contributed by atoms with Gasteiger partial charge in [-0.1, -0.05) is 12.8 Å².